The SMILES string of the molecule is CCC1COCCN1Cc1cc(CNC(C)C)ccc1F. The van der Waals surface area contributed by atoms with E-state index in [4.69, 9.17) is 4.74 Å². The molecule has 1 N–H and O–H groups in total. The van der Waals surface area contributed by atoms with Crippen molar-refractivity contribution in [2.45, 2.75) is 52.4 Å². The van der Waals surface area contributed by atoms with Gasteiger partial charge in [0.15, 0.2) is 0 Å². The number of halogens is 1. The van der Waals surface area contributed by atoms with Crippen molar-refractivity contribution in [2.75, 3.05) is 19.8 Å². The Labute approximate surface area is 127 Å². The molecule has 0 radical (unpaired) electrons. The molecule has 0 aromatic heterocycles. The minimum Gasteiger partial charge on any atom is -0.378 e. The van der Waals surface area contributed by atoms with Gasteiger partial charge in [0.25, 0.3) is 0 Å². The molecule has 0 amide bonds. The number of nitrogens with zero attached hydrogens (tertiary/aromatic N) is 1. The Morgan fingerprint density at radius 2 is 2.24 bits per heavy atom. The van der Waals surface area contributed by atoms with Gasteiger partial charge in [-0.25, -0.2) is 4.39 Å². The van der Waals surface area contributed by atoms with Gasteiger partial charge in [-0.05, 0) is 18.1 Å². The summed E-state index contributed by atoms with van der Waals surface area (Å²) in [4.78, 5) is 2.33. The van der Waals surface area contributed by atoms with E-state index in [1.54, 1.807) is 6.07 Å². The zero-order valence-corrected chi connectivity index (χ0v) is 13.4. The molecule has 2 rings (SSSR count). The molecule has 0 spiro atoms. The van der Waals surface area contributed by atoms with Crippen molar-refractivity contribution in [1.29, 1.82) is 0 Å². The van der Waals surface area contributed by atoms with Gasteiger partial charge in [-0.1, -0.05) is 32.9 Å². The van der Waals surface area contributed by atoms with Gasteiger partial charge in [0.2, 0.25) is 0 Å². The molecule has 4 heteroatoms. The fraction of sp³-hybridized carbons (Fsp3) is 0.647. The van der Waals surface area contributed by atoms with Crippen molar-refractivity contribution in [3.05, 3.63) is 35.1 Å². The lowest BCUT2D eigenvalue weighted by molar-refractivity contribution is -0.0131. The molecular formula is C17H27FN2O. The standard InChI is InChI=1S/C17H27FN2O/c1-4-16-12-21-8-7-20(16)11-15-9-14(5-6-17(15)18)10-19-13(2)3/h5-6,9,13,16,19H,4,7-8,10-12H2,1-3H3. The van der Waals surface area contributed by atoms with Crippen molar-refractivity contribution < 1.29 is 9.13 Å². The Balaban J connectivity index is 2.05. The van der Waals surface area contributed by atoms with Crippen molar-refractivity contribution >= 4 is 0 Å². The first-order chi connectivity index (χ1) is 10.1. The Kier molecular flexibility index (Phi) is 6.15. The van der Waals surface area contributed by atoms with Gasteiger partial charge in [0, 0.05) is 37.3 Å². The third kappa shape index (κ3) is 4.77. The molecule has 1 heterocycles. The van der Waals surface area contributed by atoms with E-state index in [0.29, 0.717) is 18.6 Å². The lowest BCUT2D eigenvalue weighted by Gasteiger charge is -2.35. The molecule has 21 heavy (non-hydrogen) atoms. The van der Waals surface area contributed by atoms with E-state index in [1.165, 1.54) is 0 Å². The first-order valence-electron chi connectivity index (χ1n) is 7.92. The van der Waals surface area contributed by atoms with Gasteiger partial charge < -0.3 is 10.1 Å². The topological polar surface area (TPSA) is 24.5 Å². The monoisotopic (exact) mass is 294 g/mol. The van der Waals surface area contributed by atoms with Crippen LogP contribution in [0.2, 0.25) is 0 Å². The summed E-state index contributed by atoms with van der Waals surface area (Å²) in [5, 5.41) is 3.38. The number of ether oxygens (including phenoxy) is 1. The molecule has 3 nitrogen and oxygen atoms in total. The summed E-state index contributed by atoms with van der Waals surface area (Å²) in [6.07, 6.45) is 1.04. The van der Waals surface area contributed by atoms with Gasteiger partial charge in [0.1, 0.15) is 5.82 Å². The van der Waals surface area contributed by atoms with E-state index in [-0.39, 0.29) is 5.82 Å². The van der Waals surface area contributed by atoms with Gasteiger partial charge in [0.05, 0.1) is 13.2 Å². The molecule has 1 aliphatic heterocycles. The Bertz CT molecular complexity index is 450. The minimum absolute atomic E-state index is 0.107. The molecule has 1 aliphatic rings. The molecule has 0 saturated carbocycles. The normalized spacial score (nSPS) is 20.1. The van der Waals surface area contributed by atoms with Gasteiger partial charge in [-0.2, -0.15) is 0 Å². The van der Waals surface area contributed by atoms with Gasteiger partial charge >= 0.3 is 0 Å². The first kappa shape index (κ1) is 16.4. The fourth-order valence-electron chi connectivity index (χ4n) is 2.67. The van der Waals surface area contributed by atoms with Crippen molar-refractivity contribution in [3.8, 4) is 0 Å². The zero-order chi connectivity index (χ0) is 15.2. The van der Waals surface area contributed by atoms with E-state index >= 15 is 0 Å². The van der Waals surface area contributed by atoms with Crippen LogP contribution in [-0.2, 0) is 17.8 Å². The Hall–Kier alpha value is -0.970. The van der Waals surface area contributed by atoms with E-state index in [0.717, 1.165) is 43.9 Å². The maximum atomic E-state index is 14.1. The summed E-state index contributed by atoms with van der Waals surface area (Å²) in [6, 6.07) is 6.28. The lowest BCUT2D eigenvalue weighted by Crippen LogP contribution is -2.44. The number of hydrogen-bond acceptors (Lipinski definition) is 3. The molecule has 1 aromatic carbocycles. The highest BCUT2D eigenvalue weighted by Crippen LogP contribution is 2.18. The molecule has 0 bridgehead atoms. The van der Waals surface area contributed by atoms with Crippen LogP contribution in [0.1, 0.15) is 38.3 Å². The molecule has 1 saturated heterocycles. The third-order valence-electron chi connectivity index (χ3n) is 4.02. The van der Waals surface area contributed by atoms with E-state index in [9.17, 15) is 4.39 Å². The average Bonchev–Trinajstić information content (AvgIpc) is 2.48. The smallest absolute Gasteiger partial charge is 0.127 e. The molecule has 1 aromatic rings. The largest absolute Gasteiger partial charge is 0.378 e. The molecular weight excluding hydrogens is 267 g/mol. The predicted octanol–water partition coefficient (Wildman–Crippen LogP) is 2.93. The van der Waals surface area contributed by atoms with E-state index < -0.39 is 0 Å². The minimum atomic E-state index is -0.107. The number of nitrogens with one attached hydrogen (secondary N) is 1. The number of hydrogen-bond donors (Lipinski definition) is 1. The summed E-state index contributed by atoms with van der Waals surface area (Å²) in [6.45, 7) is 10.2. The second kappa shape index (κ2) is 7.87. The third-order valence-corrected chi connectivity index (χ3v) is 4.02. The second-order valence-electron chi connectivity index (χ2n) is 6.07. The molecule has 1 atom stereocenters. The van der Waals surface area contributed by atoms with Crippen LogP contribution < -0.4 is 5.32 Å². The van der Waals surface area contributed by atoms with Crippen LogP contribution in [0.15, 0.2) is 18.2 Å². The maximum absolute atomic E-state index is 14.1. The highest BCUT2D eigenvalue weighted by Gasteiger charge is 2.22. The summed E-state index contributed by atoms with van der Waals surface area (Å²) >= 11 is 0. The van der Waals surface area contributed by atoms with E-state index in [2.05, 4.69) is 31.0 Å². The Morgan fingerprint density at radius 3 is 2.95 bits per heavy atom. The van der Waals surface area contributed by atoms with Crippen LogP contribution in [-0.4, -0.2) is 36.7 Å². The number of morpholine rings is 1. The van der Waals surface area contributed by atoms with Crippen LogP contribution >= 0.6 is 0 Å². The van der Waals surface area contributed by atoms with Crippen LogP contribution in [0.25, 0.3) is 0 Å². The second-order valence-corrected chi connectivity index (χ2v) is 6.07. The van der Waals surface area contributed by atoms with Gasteiger partial charge in [-0.3, -0.25) is 4.90 Å². The van der Waals surface area contributed by atoms with Gasteiger partial charge in [-0.15, -0.1) is 0 Å². The highest BCUT2D eigenvalue weighted by atomic mass is 19.1. The average molecular weight is 294 g/mol. The van der Waals surface area contributed by atoms with Crippen molar-refractivity contribution in [3.63, 3.8) is 0 Å². The molecule has 1 unspecified atom stereocenters. The molecule has 1 fully saturated rings. The lowest BCUT2D eigenvalue weighted by atomic mass is 10.1. The maximum Gasteiger partial charge on any atom is 0.127 e. The highest BCUT2D eigenvalue weighted by molar-refractivity contribution is 5.25. The summed E-state index contributed by atoms with van der Waals surface area (Å²) in [5.74, 6) is -0.107. The zero-order valence-electron chi connectivity index (χ0n) is 13.4. The number of benzene rings is 1. The number of rotatable bonds is 6. The summed E-state index contributed by atoms with van der Waals surface area (Å²) < 4.78 is 19.6. The summed E-state index contributed by atoms with van der Waals surface area (Å²) in [5.41, 5.74) is 1.93. The summed E-state index contributed by atoms with van der Waals surface area (Å²) in [7, 11) is 0. The predicted molar refractivity (Wildman–Crippen MR) is 83.7 cm³/mol. The molecule has 0 aliphatic carbocycles. The Morgan fingerprint density at radius 1 is 1.43 bits per heavy atom. The molecule has 118 valence electrons. The van der Waals surface area contributed by atoms with Crippen molar-refractivity contribution in [1.82, 2.24) is 10.2 Å². The van der Waals surface area contributed by atoms with Crippen LogP contribution in [0, 0.1) is 5.82 Å². The van der Waals surface area contributed by atoms with Crippen LogP contribution in [0.4, 0.5) is 4.39 Å². The fourth-order valence-corrected chi connectivity index (χ4v) is 2.67. The quantitative estimate of drug-likeness (QED) is 0.873. The van der Waals surface area contributed by atoms with Crippen LogP contribution in [0.3, 0.4) is 0 Å². The first-order valence-corrected chi connectivity index (χ1v) is 7.92. The van der Waals surface area contributed by atoms with Crippen LogP contribution in [0.5, 0.6) is 0 Å². The van der Waals surface area contributed by atoms with Crippen molar-refractivity contribution in [2.24, 2.45) is 0 Å². The van der Waals surface area contributed by atoms with E-state index in [1.807, 2.05) is 12.1 Å².